The Bertz CT molecular complexity index is 432. The number of amides is 1. The van der Waals surface area contributed by atoms with Gasteiger partial charge in [-0.3, -0.25) is 14.6 Å². The lowest BCUT2D eigenvalue weighted by atomic mass is 10.1. The molecule has 0 bridgehead atoms. The molecule has 1 rings (SSSR count). The van der Waals surface area contributed by atoms with Crippen LogP contribution in [0.3, 0.4) is 0 Å². The number of aromatic nitrogens is 1. The predicted octanol–water partition coefficient (Wildman–Crippen LogP) is 0.954. The summed E-state index contributed by atoms with van der Waals surface area (Å²) in [5, 5.41) is 0. The van der Waals surface area contributed by atoms with Crippen LogP contribution in [0.15, 0.2) is 18.3 Å². The maximum Gasteiger partial charge on any atom is 0.325 e. The van der Waals surface area contributed by atoms with E-state index in [1.807, 2.05) is 26.0 Å². The number of carbonyl (C=O) groups excluding carboxylic acids is 2. The standard InChI is InChI=1S/C13H18N2O3/c1-4-15(9-13(17)18-3)12(16)8-11-10(2)6-5-7-14-11/h5-7H,4,8-9H2,1-3H3. The Hall–Kier alpha value is -1.91. The van der Waals surface area contributed by atoms with Gasteiger partial charge in [0.25, 0.3) is 0 Å². The largest absolute Gasteiger partial charge is 0.468 e. The Labute approximate surface area is 107 Å². The van der Waals surface area contributed by atoms with Gasteiger partial charge in [0, 0.05) is 12.7 Å². The third kappa shape index (κ3) is 3.84. The predicted molar refractivity (Wildman–Crippen MR) is 66.9 cm³/mol. The summed E-state index contributed by atoms with van der Waals surface area (Å²) in [4.78, 5) is 28.8. The molecule has 0 spiro atoms. The number of pyridine rings is 1. The van der Waals surface area contributed by atoms with Crippen LogP contribution in [0, 0.1) is 6.92 Å². The first-order valence-electron chi connectivity index (χ1n) is 5.83. The first kappa shape index (κ1) is 14.2. The van der Waals surface area contributed by atoms with E-state index >= 15 is 0 Å². The van der Waals surface area contributed by atoms with Crippen LogP contribution in [-0.4, -0.2) is 42.0 Å². The number of rotatable bonds is 5. The summed E-state index contributed by atoms with van der Waals surface area (Å²) >= 11 is 0. The number of likely N-dealkylation sites (N-methyl/N-ethyl adjacent to an activating group) is 1. The van der Waals surface area contributed by atoms with Gasteiger partial charge in [0.1, 0.15) is 6.54 Å². The molecule has 0 fully saturated rings. The van der Waals surface area contributed by atoms with E-state index < -0.39 is 5.97 Å². The van der Waals surface area contributed by atoms with Gasteiger partial charge in [-0.05, 0) is 25.5 Å². The SMILES string of the molecule is CCN(CC(=O)OC)C(=O)Cc1ncccc1C. The second-order valence-electron chi connectivity index (χ2n) is 3.93. The normalized spacial score (nSPS) is 9.94. The van der Waals surface area contributed by atoms with Crippen molar-refractivity contribution in [3.05, 3.63) is 29.6 Å². The van der Waals surface area contributed by atoms with Crippen molar-refractivity contribution in [3.8, 4) is 0 Å². The van der Waals surface area contributed by atoms with Gasteiger partial charge < -0.3 is 9.64 Å². The number of hydrogen-bond acceptors (Lipinski definition) is 4. The Kier molecular flexibility index (Phi) is 5.30. The van der Waals surface area contributed by atoms with Gasteiger partial charge >= 0.3 is 5.97 Å². The summed E-state index contributed by atoms with van der Waals surface area (Å²) in [6, 6.07) is 3.74. The van der Waals surface area contributed by atoms with E-state index in [0.717, 1.165) is 11.3 Å². The highest BCUT2D eigenvalue weighted by Crippen LogP contribution is 2.06. The minimum absolute atomic E-state index is 0.0162. The van der Waals surface area contributed by atoms with Gasteiger partial charge in [0.15, 0.2) is 0 Å². The summed E-state index contributed by atoms with van der Waals surface area (Å²) in [6.45, 7) is 4.19. The summed E-state index contributed by atoms with van der Waals surface area (Å²) in [7, 11) is 1.31. The molecule has 5 nitrogen and oxygen atoms in total. The molecule has 0 unspecified atom stereocenters. The third-order valence-electron chi connectivity index (χ3n) is 2.72. The molecule has 1 amide bonds. The van der Waals surface area contributed by atoms with Gasteiger partial charge in [-0.15, -0.1) is 0 Å². The van der Waals surface area contributed by atoms with Gasteiger partial charge in [0.2, 0.25) is 5.91 Å². The fourth-order valence-corrected chi connectivity index (χ4v) is 1.56. The molecule has 1 heterocycles. The van der Waals surface area contributed by atoms with Gasteiger partial charge in [-0.25, -0.2) is 0 Å². The highest BCUT2D eigenvalue weighted by atomic mass is 16.5. The average Bonchev–Trinajstić information content (AvgIpc) is 2.38. The minimum atomic E-state index is -0.414. The maximum absolute atomic E-state index is 12.0. The number of esters is 1. The van der Waals surface area contributed by atoms with Crippen LogP contribution < -0.4 is 0 Å². The van der Waals surface area contributed by atoms with Crippen molar-refractivity contribution in [2.24, 2.45) is 0 Å². The van der Waals surface area contributed by atoms with E-state index in [9.17, 15) is 9.59 Å². The molecule has 0 aliphatic rings. The van der Waals surface area contributed by atoms with E-state index in [1.54, 1.807) is 6.20 Å². The number of methoxy groups -OCH3 is 1. The quantitative estimate of drug-likeness (QED) is 0.730. The third-order valence-corrected chi connectivity index (χ3v) is 2.72. The monoisotopic (exact) mass is 250 g/mol. The van der Waals surface area contributed by atoms with Crippen LogP contribution in [0.4, 0.5) is 0 Å². The highest BCUT2D eigenvalue weighted by molar-refractivity contribution is 5.83. The topological polar surface area (TPSA) is 59.5 Å². The Balaban J connectivity index is 2.68. The molecule has 1 aromatic rings. The molecule has 0 atom stereocenters. The molecular weight excluding hydrogens is 232 g/mol. The van der Waals surface area contributed by atoms with Crippen molar-refractivity contribution in [1.82, 2.24) is 9.88 Å². The molecule has 0 aliphatic carbocycles. The van der Waals surface area contributed by atoms with Crippen molar-refractivity contribution in [2.45, 2.75) is 20.3 Å². The van der Waals surface area contributed by atoms with Crippen LogP contribution in [0.1, 0.15) is 18.2 Å². The Morgan fingerprint density at radius 3 is 2.72 bits per heavy atom. The second-order valence-corrected chi connectivity index (χ2v) is 3.93. The van der Waals surface area contributed by atoms with E-state index in [1.165, 1.54) is 12.0 Å². The average molecular weight is 250 g/mol. The first-order chi connectivity index (χ1) is 8.58. The first-order valence-corrected chi connectivity index (χ1v) is 5.83. The van der Waals surface area contributed by atoms with Crippen molar-refractivity contribution < 1.29 is 14.3 Å². The zero-order chi connectivity index (χ0) is 13.5. The fourth-order valence-electron chi connectivity index (χ4n) is 1.56. The van der Waals surface area contributed by atoms with Crippen LogP contribution in [0.5, 0.6) is 0 Å². The maximum atomic E-state index is 12.0. The number of nitrogens with zero attached hydrogens (tertiary/aromatic N) is 2. The van der Waals surface area contributed by atoms with Crippen LogP contribution in [0.2, 0.25) is 0 Å². The summed E-state index contributed by atoms with van der Waals surface area (Å²) in [6.07, 6.45) is 1.86. The Morgan fingerprint density at radius 1 is 1.44 bits per heavy atom. The molecule has 0 saturated heterocycles. The number of carbonyl (C=O) groups is 2. The molecule has 0 aromatic carbocycles. The van der Waals surface area contributed by atoms with Crippen LogP contribution >= 0.6 is 0 Å². The molecule has 0 aliphatic heterocycles. The molecular formula is C13H18N2O3. The number of hydrogen-bond donors (Lipinski definition) is 0. The second kappa shape index (κ2) is 6.74. The fraction of sp³-hybridized carbons (Fsp3) is 0.462. The molecule has 5 heteroatoms. The molecule has 0 radical (unpaired) electrons. The van der Waals surface area contributed by atoms with Crippen molar-refractivity contribution in [2.75, 3.05) is 20.2 Å². The number of ether oxygens (including phenoxy) is 1. The van der Waals surface area contributed by atoms with Crippen molar-refractivity contribution >= 4 is 11.9 Å². The van der Waals surface area contributed by atoms with Crippen LogP contribution in [0.25, 0.3) is 0 Å². The highest BCUT2D eigenvalue weighted by Gasteiger charge is 2.17. The minimum Gasteiger partial charge on any atom is -0.468 e. The lowest BCUT2D eigenvalue weighted by Gasteiger charge is -2.19. The lowest BCUT2D eigenvalue weighted by Crippen LogP contribution is -2.37. The van der Waals surface area contributed by atoms with E-state index in [4.69, 9.17) is 0 Å². The van der Waals surface area contributed by atoms with E-state index in [2.05, 4.69) is 9.72 Å². The summed E-state index contributed by atoms with van der Waals surface area (Å²) in [5.41, 5.74) is 1.71. The van der Waals surface area contributed by atoms with Gasteiger partial charge in [-0.1, -0.05) is 6.07 Å². The van der Waals surface area contributed by atoms with Crippen molar-refractivity contribution in [3.63, 3.8) is 0 Å². The molecule has 1 aromatic heterocycles. The molecule has 98 valence electrons. The zero-order valence-electron chi connectivity index (χ0n) is 11.0. The van der Waals surface area contributed by atoms with Crippen molar-refractivity contribution in [1.29, 1.82) is 0 Å². The lowest BCUT2D eigenvalue weighted by molar-refractivity contribution is -0.146. The molecule has 0 saturated carbocycles. The van der Waals surface area contributed by atoms with Gasteiger partial charge in [0.05, 0.1) is 19.2 Å². The number of aryl methyl sites for hydroxylation is 1. The molecule has 18 heavy (non-hydrogen) atoms. The van der Waals surface area contributed by atoms with E-state index in [0.29, 0.717) is 6.54 Å². The molecule has 0 N–H and O–H groups in total. The Morgan fingerprint density at radius 2 is 2.17 bits per heavy atom. The summed E-state index contributed by atoms with van der Waals surface area (Å²) < 4.78 is 4.56. The van der Waals surface area contributed by atoms with Crippen LogP contribution in [-0.2, 0) is 20.7 Å². The van der Waals surface area contributed by atoms with Gasteiger partial charge in [-0.2, -0.15) is 0 Å². The smallest absolute Gasteiger partial charge is 0.325 e. The zero-order valence-corrected chi connectivity index (χ0v) is 11.0. The van der Waals surface area contributed by atoms with E-state index in [-0.39, 0.29) is 18.9 Å². The summed E-state index contributed by atoms with van der Waals surface area (Å²) in [5.74, 6) is -0.535.